The van der Waals surface area contributed by atoms with Gasteiger partial charge in [0.05, 0.1) is 18.2 Å². The summed E-state index contributed by atoms with van der Waals surface area (Å²) < 4.78 is 5.75. The van der Waals surface area contributed by atoms with Crippen molar-refractivity contribution in [1.82, 2.24) is 4.90 Å². The largest absolute Gasteiger partial charge is 0.508 e. The molecule has 3 aromatic rings. The third-order valence-electron chi connectivity index (χ3n) is 6.42. The van der Waals surface area contributed by atoms with Crippen molar-refractivity contribution >= 4 is 29.1 Å². The number of aliphatic hydroxyl groups excluding tert-OH is 1. The molecule has 3 aromatic carbocycles. The van der Waals surface area contributed by atoms with Gasteiger partial charge in [-0.2, -0.15) is 0 Å². The first kappa shape index (κ1) is 26.3. The lowest BCUT2D eigenvalue weighted by Gasteiger charge is -2.25. The van der Waals surface area contributed by atoms with Crippen LogP contribution in [0.3, 0.4) is 0 Å². The van der Waals surface area contributed by atoms with Gasteiger partial charge >= 0.3 is 0 Å². The summed E-state index contributed by atoms with van der Waals surface area (Å²) in [7, 11) is 0. The van der Waals surface area contributed by atoms with E-state index >= 15 is 0 Å². The number of hydrogen-bond acceptors (Lipinski definition) is 5. The average molecular weight is 520 g/mol. The number of rotatable bonds is 10. The van der Waals surface area contributed by atoms with Gasteiger partial charge in [-0.25, -0.2) is 0 Å². The number of nitrogens with zero attached hydrogens (tertiary/aromatic N) is 1. The highest BCUT2D eigenvalue weighted by Gasteiger charge is 2.45. The van der Waals surface area contributed by atoms with Crippen LogP contribution in [0.4, 0.5) is 0 Å². The number of Topliss-reactive ketones (excluding diaryl/α,β-unsaturated/α-hetero) is 1. The van der Waals surface area contributed by atoms with Gasteiger partial charge in [0.2, 0.25) is 0 Å². The Bertz CT molecular complexity index is 1280. The molecule has 1 aliphatic heterocycles. The Hall–Kier alpha value is -3.77. The van der Waals surface area contributed by atoms with Gasteiger partial charge in [-0.3, -0.25) is 9.59 Å². The second kappa shape index (κ2) is 12.0. The van der Waals surface area contributed by atoms with Gasteiger partial charge in [0.15, 0.2) is 0 Å². The third-order valence-corrected chi connectivity index (χ3v) is 6.68. The van der Waals surface area contributed by atoms with Gasteiger partial charge in [0.25, 0.3) is 11.7 Å². The number of hydrogen-bond donors (Lipinski definition) is 2. The van der Waals surface area contributed by atoms with E-state index in [2.05, 4.69) is 6.92 Å². The van der Waals surface area contributed by atoms with Gasteiger partial charge in [-0.1, -0.05) is 55.6 Å². The Kier molecular flexibility index (Phi) is 8.51. The second-order valence-corrected chi connectivity index (χ2v) is 9.48. The molecular formula is C30H30ClNO5. The molecule has 4 rings (SSSR count). The molecule has 1 amide bonds. The molecule has 1 fully saturated rings. The zero-order valence-electron chi connectivity index (χ0n) is 20.7. The summed E-state index contributed by atoms with van der Waals surface area (Å²) in [6.07, 6.45) is 3.64. The van der Waals surface area contributed by atoms with E-state index in [9.17, 15) is 19.8 Å². The highest BCUT2D eigenvalue weighted by atomic mass is 35.5. The van der Waals surface area contributed by atoms with Crippen molar-refractivity contribution in [1.29, 1.82) is 0 Å². The van der Waals surface area contributed by atoms with Crippen LogP contribution in [0.25, 0.3) is 5.76 Å². The first-order valence-electron chi connectivity index (χ1n) is 12.4. The number of carbonyl (C=O) groups excluding carboxylic acids is 2. The van der Waals surface area contributed by atoms with Gasteiger partial charge in [-0.05, 0) is 72.5 Å². The molecule has 1 aliphatic rings. The molecule has 1 saturated heterocycles. The van der Waals surface area contributed by atoms with Gasteiger partial charge in [-0.15, -0.1) is 0 Å². The molecule has 1 atom stereocenters. The maximum atomic E-state index is 13.2. The van der Waals surface area contributed by atoms with Gasteiger partial charge < -0.3 is 19.8 Å². The second-order valence-electron chi connectivity index (χ2n) is 9.04. The lowest BCUT2D eigenvalue weighted by atomic mass is 9.95. The minimum absolute atomic E-state index is 0.00497. The molecule has 37 heavy (non-hydrogen) atoms. The lowest BCUT2D eigenvalue weighted by molar-refractivity contribution is -0.139. The number of aliphatic hydroxyl groups is 1. The molecule has 0 bridgehead atoms. The van der Waals surface area contributed by atoms with E-state index in [1.165, 1.54) is 17.0 Å². The van der Waals surface area contributed by atoms with Crippen LogP contribution in [0, 0.1) is 0 Å². The Morgan fingerprint density at radius 2 is 1.73 bits per heavy atom. The van der Waals surface area contributed by atoms with Gasteiger partial charge in [0, 0.05) is 17.1 Å². The number of unbranched alkanes of at least 4 members (excludes halogenated alkanes) is 2. The number of aromatic hydroxyl groups is 1. The Balaban J connectivity index is 1.65. The van der Waals surface area contributed by atoms with Crippen molar-refractivity contribution in [2.24, 2.45) is 0 Å². The number of ketones is 1. The number of likely N-dealkylation sites (tertiary alicyclic amines) is 1. The third kappa shape index (κ3) is 6.15. The Morgan fingerprint density at radius 3 is 2.41 bits per heavy atom. The zero-order valence-corrected chi connectivity index (χ0v) is 21.4. The molecular weight excluding hydrogens is 490 g/mol. The van der Waals surface area contributed by atoms with E-state index in [0.717, 1.165) is 24.8 Å². The molecule has 0 radical (unpaired) electrons. The molecule has 1 heterocycles. The fourth-order valence-electron chi connectivity index (χ4n) is 4.46. The number of carbonyl (C=O) groups is 2. The van der Waals surface area contributed by atoms with Crippen molar-refractivity contribution < 1.29 is 24.5 Å². The van der Waals surface area contributed by atoms with Crippen molar-refractivity contribution in [3.8, 4) is 11.5 Å². The summed E-state index contributed by atoms with van der Waals surface area (Å²) >= 11 is 5.98. The molecule has 0 aliphatic carbocycles. The zero-order chi connectivity index (χ0) is 26.4. The predicted octanol–water partition coefficient (Wildman–Crippen LogP) is 6.28. The summed E-state index contributed by atoms with van der Waals surface area (Å²) in [5.74, 6) is -1.05. The van der Waals surface area contributed by atoms with E-state index < -0.39 is 17.7 Å². The average Bonchev–Trinajstić information content (AvgIpc) is 3.16. The molecule has 0 aromatic heterocycles. The molecule has 6 nitrogen and oxygen atoms in total. The van der Waals surface area contributed by atoms with Crippen molar-refractivity contribution in [3.63, 3.8) is 0 Å². The minimum atomic E-state index is -0.843. The summed E-state index contributed by atoms with van der Waals surface area (Å²) in [6.45, 7) is 2.98. The van der Waals surface area contributed by atoms with Crippen LogP contribution in [-0.2, 0) is 16.0 Å². The SMILES string of the molecule is CCCCCOc1ccc(/C(O)=C2/C(=O)C(=O)N(CCc3ccc(Cl)cc3)C2c2cccc(O)c2)cc1. The smallest absolute Gasteiger partial charge is 0.295 e. The minimum Gasteiger partial charge on any atom is -0.508 e. The molecule has 0 saturated carbocycles. The van der Waals surface area contributed by atoms with Crippen molar-refractivity contribution in [2.45, 2.75) is 38.6 Å². The molecule has 1 unspecified atom stereocenters. The van der Waals surface area contributed by atoms with Gasteiger partial charge in [0.1, 0.15) is 17.3 Å². The van der Waals surface area contributed by atoms with E-state index in [1.54, 1.807) is 48.5 Å². The molecule has 0 spiro atoms. The number of ether oxygens (including phenoxy) is 1. The van der Waals surface area contributed by atoms with Crippen molar-refractivity contribution in [2.75, 3.05) is 13.2 Å². The fourth-order valence-corrected chi connectivity index (χ4v) is 4.59. The predicted molar refractivity (Wildman–Crippen MR) is 144 cm³/mol. The number of halogens is 1. The van der Waals surface area contributed by atoms with Crippen LogP contribution < -0.4 is 4.74 Å². The first-order valence-corrected chi connectivity index (χ1v) is 12.8. The van der Waals surface area contributed by atoms with E-state index in [1.807, 2.05) is 12.1 Å². The monoisotopic (exact) mass is 519 g/mol. The lowest BCUT2D eigenvalue weighted by Crippen LogP contribution is -2.31. The van der Waals surface area contributed by atoms with Crippen LogP contribution in [-0.4, -0.2) is 40.0 Å². The van der Waals surface area contributed by atoms with Crippen molar-refractivity contribution in [3.05, 3.63) is 100 Å². The molecule has 2 N–H and O–H groups in total. The normalized spacial score (nSPS) is 16.8. The van der Waals surface area contributed by atoms with Crippen LogP contribution in [0.2, 0.25) is 5.02 Å². The summed E-state index contributed by atoms with van der Waals surface area (Å²) in [5.41, 5.74) is 1.88. The number of amides is 1. The van der Waals surface area contributed by atoms with Crippen LogP contribution in [0.5, 0.6) is 11.5 Å². The highest BCUT2D eigenvalue weighted by Crippen LogP contribution is 2.40. The quantitative estimate of drug-likeness (QED) is 0.142. The van der Waals surface area contributed by atoms with E-state index in [4.69, 9.17) is 16.3 Å². The summed E-state index contributed by atoms with van der Waals surface area (Å²) in [4.78, 5) is 27.8. The van der Waals surface area contributed by atoms with E-state index in [0.29, 0.717) is 34.9 Å². The van der Waals surface area contributed by atoms with Crippen LogP contribution >= 0.6 is 11.6 Å². The number of benzene rings is 3. The Labute approximate surface area is 221 Å². The first-order chi connectivity index (χ1) is 17.9. The maximum absolute atomic E-state index is 13.2. The fraction of sp³-hybridized carbons (Fsp3) is 0.267. The van der Waals surface area contributed by atoms with Crippen LogP contribution in [0.1, 0.15) is 48.9 Å². The summed E-state index contributed by atoms with van der Waals surface area (Å²) in [6, 6.07) is 19.7. The summed E-state index contributed by atoms with van der Waals surface area (Å²) in [5, 5.41) is 22.0. The molecule has 7 heteroatoms. The number of phenolic OH excluding ortho intramolecular Hbond substituents is 1. The highest BCUT2D eigenvalue weighted by molar-refractivity contribution is 6.46. The topological polar surface area (TPSA) is 87.1 Å². The van der Waals surface area contributed by atoms with E-state index in [-0.39, 0.29) is 23.6 Å². The standard InChI is InChI=1S/C30H30ClNO5/c1-2-3-4-18-37-25-14-10-21(11-15-25)28(34)26-27(22-6-5-7-24(33)19-22)32(30(36)29(26)35)17-16-20-8-12-23(31)13-9-20/h5-15,19,27,33-34H,2-4,16-18H2,1H3/b28-26-. The maximum Gasteiger partial charge on any atom is 0.295 e. The number of phenols is 1. The molecule has 192 valence electrons. The van der Waals surface area contributed by atoms with Crippen LogP contribution in [0.15, 0.2) is 78.4 Å². The Morgan fingerprint density at radius 1 is 1.00 bits per heavy atom.